The van der Waals surface area contributed by atoms with Gasteiger partial charge in [0, 0.05) is 52.2 Å². The SMILES string of the molecule is Cc1nn(C)c(C)c1-c1c(Cl)ccc2c(CCCOc3cccc4cc(F)ccc34)c(C(=O)O)n(CC[N+]3([O-])CCN(C(=O)COc4cccc5c4CN(C4CCC(=O)NC4=O)C5=O)CC3)c12. The number of nitrogens with one attached hydrogen (secondary N) is 1. The van der Waals surface area contributed by atoms with Crippen LogP contribution in [0.25, 0.3) is 32.8 Å². The van der Waals surface area contributed by atoms with E-state index in [1.165, 1.54) is 17.0 Å². The molecule has 0 spiro atoms. The van der Waals surface area contributed by atoms with Crippen LogP contribution in [-0.4, -0.2) is 115 Å². The summed E-state index contributed by atoms with van der Waals surface area (Å²) in [5.41, 5.74) is 5.06. The fourth-order valence-corrected chi connectivity index (χ4v) is 10.1. The quantitative estimate of drug-likeness (QED) is 0.0542. The summed E-state index contributed by atoms with van der Waals surface area (Å²) in [6.45, 7) is 4.24. The second-order valence-corrected chi connectivity index (χ2v) is 17.8. The second kappa shape index (κ2) is 18.1. The highest BCUT2D eigenvalue weighted by Gasteiger charge is 2.40. The van der Waals surface area contributed by atoms with Crippen LogP contribution in [0.3, 0.4) is 0 Å². The van der Waals surface area contributed by atoms with E-state index in [0.29, 0.717) is 73.6 Å². The fraction of sp³-hybridized carbons (Fsp3) is 0.347. The molecule has 4 amide bonds. The maximum absolute atomic E-state index is 14.5. The lowest BCUT2D eigenvalue weighted by Gasteiger charge is -2.48. The minimum atomic E-state index is -1.16. The number of fused-ring (bicyclic) bond motifs is 3. The van der Waals surface area contributed by atoms with E-state index in [1.54, 1.807) is 50.5 Å². The Labute approximate surface area is 389 Å². The molecule has 67 heavy (non-hydrogen) atoms. The molecule has 18 heteroatoms. The molecule has 6 aromatic rings. The van der Waals surface area contributed by atoms with Gasteiger partial charge in [0.15, 0.2) is 6.61 Å². The van der Waals surface area contributed by atoms with Gasteiger partial charge in [-0.05, 0) is 86.5 Å². The minimum Gasteiger partial charge on any atom is -0.633 e. The number of imide groups is 1. The van der Waals surface area contributed by atoms with Gasteiger partial charge in [-0.1, -0.05) is 35.9 Å². The largest absolute Gasteiger partial charge is 0.633 e. The number of aromatic carboxylic acids is 1. The van der Waals surface area contributed by atoms with Gasteiger partial charge in [-0.15, -0.1) is 0 Å². The van der Waals surface area contributed by atoms with E-state index >= 15 is 0 Å². The van der Waals surface area contributed by atoms with Gasteiger partial charge in [-0.2, -0.15) is 5.10 Å². The molecule has 2 saturated heterocycles. The second-order valence-electron chi connectivity index (χ2n) is 17.4. The van der Waals surface area contributed by atoms with Crippen LogP contribution in [-0.2, 0) is 40.9 Å². The first-order chi connectivity index (χ1) is 32.1. The first-order valence-electron chi connectivity index (χ1n) is 22.2. The molecule has 2 N–H and O–H groups in total. The molecular weight excluding hydrogens is 885 g/mol. The van der Waals surface area contributed by atoms with E-state index in [2.05, 4.69) is 10.4 Å². The number of benzene rings is 4. The van der Waals surface area contributed by atoms with Crippen LogP contribution < -0.4 is 14.8 Å². The number of hydroxylamine groups is 3. The van der Waals surface area contributed by atoms with E-state index in [0.717, 1.165) is 16.6 Å². The third kappa shape index (κ3) is 8.58. The van der Waals surface area contributed by atoms with Gasteiger partial charge in [-0.3, -0.25) is 29.2 Å². The number of amides is 4. The van der Waals surface area contributed by atoms with Gasteiger partial charge >= 0.3 is 5.97 Å². The zero-order valence-electron chi connectivity index (χ0n) is 37.3. The van der Waals surface area contributed by atoms with Crippen LogP contribution in [0.4, 0.5) is 4.39 Å². The van der Waals surface area contributed by atoms with Crippen molar-refractivity contribution < 1.29 is 47.6 Å². The molecule has 348 valence electrons. The van der Waals surface area contributed by atoms with Crippen molar-refractivity contribution in [2.24, 2.45) is 7.05 Å². The summed E-state index contributed by atoms with van der Waals surface area (Å²) in [5, 5.41) is 34.9. The normalized spacial score (nSPS) is 17.0. The number of carboxylic acids is 1. The van der Waals surface area contributed by atoms with Gasteiger partial charge in [0.05, 0.1) is 68.7 Å². The zero-order valence-corrected chi connectivity index (χ0v) is 38.0. The van der Waals surface area contributed by atoms with Crippen molar-refractivity contribution in [1.29, 1.82) is 0 Å². The lowest BCUT2D eigenvalue weighted by molar-refractivity contribution is -0.885. The topological polar surface area (TPSA) is 188 Å². The summed E-state index contributed by atoms with van der Waals surface area (Å²) in [6, 6.07) is 17.6. The molecule has 0 saturated carbocycles. The molecule has 3 aliphatic rings. The highest BCUT2D eigenvalue weighted by molar-refractivity contribution is 6.35. The number of rotatable bonds is 14. The van der Waals surface area contributed by atoms with Crippen molar-refractivity contribution in [3.8, 4) is 22.6 Å². The molecule has 2 aromatic heterocycles. The Morgan fingerprint density at radius 3 is 2.46 bits per heavy atom. The lowest BCUT2D eigenvalue weighted by atomic mass is 9.98. The number of quaternary nitrogens is 1. The molecular formula is C49H49ClFN7O9. The van der Waals surface area contributed by atoms with Gasteiger partial charge in [0.2, 0.25) is 11.8 Å². The summed E-state index contributed by atoms with van der Waals surface area (Å²) in [6.07, 6.45) is 1.11. The van der Waals surface area contributed by atoms with Crippen molar-refractivity contribution in [1.82, 2.24) is 29.5 Å². The third-order valence-electron chi connectivity index (χ3n) is 13.4. The monoisotopic (exact) mass is 933 g/mol. The molecule has 3 aliphatic heterocycles. The number of aryl methyl sites for hydroxylation is 3. The smallest absolute Gasteiger partial charge is 0.352 e. The number of hydrogen-bond donors (Lipinski definition) is 2. The summed E-state index contributed by atoms with van der Waals surface area (Å²) < 4.78 is 28.9. The maximum Gasteiger partial charge on any atom is 0.352 e. The highest BCUT2D eigenvalue weighted by Crippen LogP contribution is 2.42. The van der Waals surface area contributed by atoms with E-state index in [1.807, 2.05) is 39.1 Å². The Morgan fingerprint density at radius 1 is 0.985 bits per heavy atom. The molecule has 0 bridgehead atoms. The summed E-state index contributed by atoms with van der Waals surface area (Å²) >= 11 is 7.03. The Morgan fingerprint density at radius 2 is 1.73 bits per heavy atom. The fourth-order valence-electron chi connectivity index (χ4n) is 9.88. The van der Waals surface area contributed by atoms with Crippen LogP contribution in [0.1, 0.15) is 62.6 Å². The number of carbonyl (C=O) groups is 5. The summed E-state index contributed by atoms with van der Waals surface area (Å²) in [5.74, 6) is -2.19. The molecule has 16 nitrogen and oxygen atoms in total. The molecule has 2 fully saturated rings. The van der Waals surface area contributed by atoms with Crippen molar-refractivity contribution in [2.75, 3.05) is 45.9 Å². The number of carboxylic acid groups (broad SMARTS) is 1. The molecule has 5 heterocycles. The standard InChI is InChI=1S/C49H49ClFN7O9/c1-28-43(29(2)54(3)53-28)44-37(50)15-14-34-33(9-6-24-66-39-10-4-7-30-25-31(51)12-13-32(30)39)46(49(63)64)56(45(34)44)20-23-58(65)21-18-55(19-22-58)42(60)27-67-40-11-5-8-35-36(40)26-57(48(35)62)38-16-17-41(59)52-47(38)61/h4-5,7-8,10-15,25,38H,6,9,16-24,26-27H2,1-3H3,(H,63,64)(H,52,59,61). The first-order valence-corrected chi connectivity index (χ1v) is 22.6. The molecule has 1 atom stereocenters. The van der Waals surface area contributed by atoms with E-state index in [9.17, 15) is 38.7 Å². The van der Waals surface area contributed by atoms with Crippen LogP contribution in [0, 0.1) is 24.9 Å². The predicted octanol–water partition coefficient (Wildman–Crippen LogP) is 6.31. The van der Waals surface area contributed by atoms with E-state index in [-0.39, 0.29) is 101 Å². The molecule has 1 unspecified atom stereocenters. The van der Waals surface area contributed by atoms with Crippen molar-refractivity contribution >= 4 is 62.9 Å². The van der Waals surface area contributed by atoms with Crippen molar-refractivity contribution in [2.45, 2.75) is 58.7 Å². The number of carbonyl (C=O) groups excluding carboxylic acids is 4. The highest BCUT2D eigenvalue weighted by atomic mass is 35.5. The maximum atomic E-state index is 14.5. The Kier molecular flexibility index (Phi) is 12.3. The van der Waals surface area contributed by atoms with Crippen molar-refractivity contribution in [3.63, 3.8) is 0 Å². The third-order valence-corrected chi connectivity index (χ3v) is 13.7. The van der Waals surface area contributed by atoms with Gasteiger partial charge in [0.25, 0.3) is 11.8 Å². The Hall–Kier alpha value is -6.82. The Bertz CT molecular complexity index is 3010. The number of hydrogen-bond acceptors (Lipinski definition) is 9. The number of nitrogens with zero attached hydrogens (tertiary/aromatic N) is 6. The summed E-state index contributed by atoms with van der Waals surface area (Å²) in [7, 11) is 1.83. The number of aromatic nitrogens is 3. The number of piperazine rings is 1. The van der Waals surface area contributed by atoms with Gasteiger partial charge in [-0.25, -0.2) is 9.18 Å². The number of piperidine rings is 1. The Balaban J connectivity index is 0.912. The summed E-state index contributed by atoms with van der Waals surface area (Å²) in [4.78, 5) is 67.5. The molecule has 9 rings (SSSR count). The average molecular weight is 934 g/mol. The van der Waals surface area contributed by atoms with Crippen LogP contribution in [0.5, 0.6) is 11.5 Å². The minimum absolute atomic E-state index is 0.0115. The van der Waals surface area contributed by atoms with Gasteiger partial charge < -0.3 is 38.8 Å². The zero-order chi connectivity index (χ0) is 47.3. The van der Waals surface area contributed by atoms with Gasteiger partial charge in [0.1, 0.15) is 29.1 Å². The van der Waals surface area contributed by atoms with E-state index < -0.39 is 22.6 Å². The number of halogens is 2. The van der Waals surface area contributed by atoms with E-state index in [4.69, 9.17) is 21.1 Å². The van der Waals surface area contributed by atoms with Crippen LogP contribution >= 0.6 is 11.6 Å². The predicted molar refractivity (Wildman–Crippen MR) is 246 cm³/mol. The average Bonchev–Trinajstić information content (AvgIpc) is 3.90. The molecule has 0 aliphatic carbocycles. The number of ether oxygens (including phenoxy) is 2. The molecule has 0 radical (unpaired) electrons. The van der Waals surface area contributed by atoms with Crippen molar-refractivity contribution in [3.05, 3.63) is 117 Å². The van der Waals surface area contributed by atoms with Crippen LogP contribution in [0.15, 0.2) is 66.7 Å². The molecule has 4 aromatic carbocycles. The lowest BCUT2D eigenvalue weighted by Crippen LogP contribution is -2.58. The first kappa shape index (κ1) is 45.3. The van der Waals surface area contributed by atoms with Crippen LogP contribution in [0.2, 0.25) is 5.02 Å².